The highest BCUT2D eigenvalue weighted by atomic mass is 16.5. The van der Waals surface area contributed by atoms with Gasteiger partial charge in [-0.2, -0.15) is 0 Å². The van der Waals surface area contributed by atoms with Crippen molar-refractivity contribution in [3.63, 3.8) is 0 Å². The summed E-state index contributed by atoms with van der Waals surface area (Å²) in [4.78, 5) is 12.1. The quantitative estimate of drug-likeness (QED) is 0.920. The third-order valence-electron chi connectivity index (χ3n) is 3.23. The lowest BCUT2D eigenvalue weighted by Gasteiger charge is -2.10. The lowest BCUT2D eigenvalue weighted by Crippen LogP contribution is -2.22. The van der Waals surface area contributed by atoms with Crippen molar-refractivity contribution in [3.8, 4) is 0 Å². The summed E-state index contributed by atoms with van der Waals surface area (Å²) < 4.78 is 5.24. The highest BCUT2D eigenvalue weighted by molar-refractivity contribution is 5.92. The van der Waals surface area contributed by atoms with Gasteiger partial charge in [0, 0.05) is 23.6 Å². The highest BCUT2D eigenvalue weighted by Gasteiger charge is 2.18. The summed E-state index contributed by atoms with van der Waals surface area (Å²) in [6.45, 7) is 9.75. The minimum absolute atomic E-state index is 0.0142. The summed E-state index contributed by atoms with van der Waals surface area (Å²) in [5.74, 6) is 0.610. The van der Waals surface area contributed by atoms with Gasteiger partial charge in [-0.3, -0.25) is 4.79 Å². The lowest BCUT2D eigenvalue weighted by atomic mass is 10.0. The van der Waals surface area contributed by atoms with Gasteiger partial charge in [-0.05, 0) is 26.0 Å². The SMILES string of the molecule is CC.Cc1noc(C[C@H](C)C(=O)Nc2ccccc2)c1C. The number of anilines is 1. The first-order valence-corrected chi connectivity index (χ1v) is 7.35. The largest absolute Gasteiger partial charge is 0.361 e. The Bertz CT molecular complexity index is 561. The number of hydrogen-bond acceptors (Lipinski definition) is 3. The van der Waals surface area contributed by atoms with Gasteiger partial charge in [0.1, 0.15) is 5.76 Å². The van der Waals surface area contributed by atoms with Crippen molar-refractivity contribution >= 4 is 11.6 Å². The van der Waals surface area contributed by atoms with Crippen LogP contribution in [0.25, 0.3) is 0 Å². The molecule has 1 heterocycles. The van der Waals surface area contributed by atoms with Crippen LogP contribution in [0.1, 0.15) is 37.8 Å². The average molecular weight is 288 g/mol. The van der Waals surface area contributed by atoms with Crippen LogP contribution in [0.5, 0.6) is 0 Å². The Morgan fingerprint density at radius 1 is 1.24 bits per heavy atom. The molecule has 0 bridgehead atoms. The van der Waals surface area contributed by atoms with E-state index < -0.39 is 0 Å². The molecule has 0 fully saturated rings. The molecule has 1 amide bonds. The molecule has 0 radical (unpaired) electrons. The van der Waals surface area contributed by atoms with E-state index in [1.807, 2.05) is 65.0 Å². The fraction of sp³-hybridized carbons (Fsp3) is 0.412. The van der Waals surface area contributed by atoms with E-state index in [1.165, 1.54) is 0 Å². The molecule has 0 saturated carbocycles. The van der Waals surface area contributed by atoms with Crippen molar-refractivity contribution in [1.82, 2.24) is 5.16 Å². The number of hydrogen-bond donors (Lipinski definition) is 1. The molecule has 4 nitrogen and oxygen atoms in total. The zero-order valence-corrected chi connectivity index (χ0v) is 13.4. The highest BCUT2D eigenvalue weighted by Crippen LogP contribution is 2.17. The number of aryl methyl sites for hydroxylation is 1. The molecule has 0 aliphatic heterocycles. The number of nitrogens with zero attached hydrogens (tertiary/aromatic N) is 1. The minimum atomic E-state index is -0.161. The number of carbonyl (C=O) groups excluding carboxylic acids is 1. The van der Waals surface area contributed by atoms with E-state index in [-0.39, 0.29) is 11.8 Å². The average Bonchev–Trinajstić information content (AvgIpc) is 2.82. The normalized spacial score (nSPS) is 11.3. The van der Waals surface area contributed by atoms with Gasteiger partial charge in [0.15, 0.2) is 0 Å². The zero-order chi connectivity index (χ0) is 15.8. The van der Waals surface area contributed by atoms with Crippen molar-refractivity contribution in [3.05, 3.63) is 47.3 Å². The second-order valence-electron chi connectivity index (χ2n) is 4.78. The molecule has 114 valence electrons. The molecular weight excluding hydrogens is 264 g/mol. The number of aromatic nitrogens is 1. The molecule has 0 saturated heterocycles. The topological polar surface area (TPSA) is 55.1 Å². The molecule has 1 aromatic carbocycles. The van der Waals surface area contributed by atoms with Gasteiger partial charge in [0.25, 0.3) is 0 Å². The van der Waals surface area contributed by atoms with Crippen LogP contribution in [0.4, 0.5) is 5.69 Å². The smallest absolute Gasteiger partial charge is 0.227 e. The molecule has 1 aromatic heterocycles. The van der Waals surface area contributed by atoms with Gasteiger partial charge in [0.2, 0.25) is 5.91 Å². The second kappa shape index (κ2) is 8.25. The van der Waals surface area contributed by atoms with Crippen LogP contribution < -0.4 is 5.32 Å². The predicted octanol–water partition coefficient (Wildman–Crippen LogP) is 4.13. The first-order valence-electron chi connectivity index (χ1n) is 7.35. The second-order valence-corrected chi connectivity index (χ2v) is 4.78. The number of rotatable bonds is 4. The van der Waals surface area contributed by atoms with Gasteiger partial charge >= 0.3 is 0 Å². The van der Waals surface area contributed by atoms with Crippen molar-refractivity contribution < 1.29 is 9.32 Å². The van der Waals surface area contributed by atoms with Crippen LogP contribution >= 0.6 is 0 Å². The number of carbonyl (C=O) groups is 1. The fourth-order valence-electron chi connectivity index (χ4n) is 1.81. The molecule has 1 atom stereocenters. The van der Waals surface area contributed by atoms with Crippen LogP contribution in [0.15, 0.2) is 34.9 Å². The Kier molecular flexibility index (Phi) is 6.66. The Hall–Kier alpha value is -2.10. The lowest BCUT2D eigenvalue weighted by molar-refractivity contribution is -0.119. The molecular formula is C17H24N2O2. The number of nitrogens with one attached hydrogen (secondary N) is 1. The van der Waals surface area contributed by atoms with Crippen LogP contribution in [0.3, 0.4) is 0 Å². The van der Waals surface area contributed by atoms with E-state index in [0.29, 0.717) is 6.42 Å². The zero-order valence-electron chi connectivity index (χ0n) is 13.4. The third kappa shape index (κ3) is 4.74. The number of para-hydroxylation sites is 1. The maximum absolute atomic E-state index is 12.1. The van der Waals surface area contributed by atoms with E-state index >= 15 is 0 Å². The Morgan fingerprint density at radius 3 is 2.38 bits per heavy atom. The fourth-order valence-corrected chi connectivity index (χ4v) is 1.81. The first-order chi connectivity index (χ1) is 10.1. The number of benzene rings is 1. The molecule has 0 aliphatic rings. The summed E-state index contributed by atoms with van der Waals surface area (Å²) in [6.07, 6.45) is 0.561. The summed E-state index contributed by atoms with van der Waals surface area (Å²) >= 11 is 0. The first kappa shape index (κ1) is 17.0. The van der Waals surface area contributed by atoms with E-state index in [2.05, 4.69) is 10.5 Å². The van der Waals surface area contributed by atoms with E-state index in [1.54, 1.807) is 0 Å². The molecule has 2 aromatic rings. The van der Waals surface area contributed by atoms with Gasteiger partial charge in [-0.25, -0.2) is 0 Å². The van der Waals surface area contributed by atoms with Gasteiger partial charge < -0.3 is 9.84 Å². The number of amides is 1. The van der Waals surface area contributed by atoms with Crippen LogP contribution in [0.2, 0.25) is 0 Å². The summed E-state index contributed by atoms with van der Waals surface area (Å²) in [6, 6.07) is 9.44. The Labute approximate surface area is 126 Å². The monoisotopic (exact) mass is 288 g/mol. The van der Waals surface area contributed by atoms with E-state index in [9.17, 15) is 4.79 Å². The van der Waals surface area contributed by atoms with Crippen molar-refractivity contribution in [1.29, 1.82) is 0 Å². The summed E-state index contributed by atoms with van der Waals surface area (Å²) in [7, 11) is 0. The summed E-state index contributed by atoms with van der Waals surface area (Å²) in [5.41, 5.74) is 2.72. The predicted molar refractivity (Wildman–Crippen MR) is 85.3 cm³/mol. The van der Waals surface area contributed by atoms with Gasteiger partial charge in [0.05, 0.1) is 5.69 Å². The molecule has 0 aliphatic carbocycles. The summed E-state index contributed by atoms with van der Waals surface area (Å²) in [5, 5.41) is 6.79. The minimum Gasteiger partial charge on any atom is -0.361 e. The molecule has 4 heteroatoms. The van der Waals surface area contributed by atoms with Crippen LogP contribution in [0, 0.1) is 19.8 Å². The third-order valence-corrected chi connectivity index (χ3v) is 3.23. The molecule has 2 rings (SSSR count). The molecule has 0 spiro atoms. The van der Waals surface area contributed by atoms with E-state index in [0.717, 1.165) is 22.7 Å². The molecule has 1 N–H and O–H groups in total. The van der Waals surface area contributed by atoms with Crippen molar-refractivity contribution in [2.24, 2.45) is 5.92 Å². The Morgan fingerprint density at radius 2 is 1.86 bits per heavy atom. The molecule has 0 unspecified atom stereocenters. The van der Waals surface area contributed by atoms with E-state index in [4.69, 9.17) is 4.52 Å². The standard InChI is InChI=1S/C15H18N2O2.C2H6/c1-10(9-14-11(2)12(3)17-19-14)15(18)16-13-7-5-4-6-8-13;1-2/h4-8,10H,9H2,1-3H3,(H,16,18);1-2H3/t10-;/m0./s1. The van der Waals surface area contributed by atoms with Crippen molar-refractivity contribution in [2.75, 3.05) is 5.32 Å². The van der Waals surface area contributed by atoms with Gasteiger partial charge in [-0.15, -0.1) is 0 Å². The maximum Gasteiger partial charge on any atom is 0.227 e. The Balaban J connectivity index is 0.00000106. The maximum atomic E-state index is 12.1. The van der Waals surface area contributed by atoms with Gasteiger partial charge in [-0.1, -0.05) is 44.1 Å². The van der Waals surface area contributed by atoms with Crippen LogP contribution in [-0.2, 0) is 11.2 Å². The van der Waals surface area contributed by atoms with Crippen molar-refractivity contribution in [2.45, 2.75) is 41.0 Å². The molecule has 21 heavy (non-hydrogen) atoms. The van der Waals surface area contributed by atoms with Crippen LogP contribution in [-0.4, -0.2) is 11.1 Å².